The van der Waals surface area contributed by atoms with Crippen LogP contribution < -0.4 is 0 Å². The molecule has 1 aliphatic heterocycles. The lowest BCUT2D eigenvalue weighted by atomic mass is 9.51. The van der Waals surface area contributed by atoms with Gasteiger partial charge < -0.3 is 0 Å². The fraction of sp³-hybridized carbons (Fsp3) is 0.600. The number of likely N-dealkylation sites (tertiary alicyclic amines) is 1. The molecule has 0 N–H and O–H groups in total. The maximum atomic E-state index is 12.6. The number of hydrogen-bond donors (Lipinski definition) is 0. The second-order valence-electron chi connectivity index (χ2n) is 6.11. The van der Waals surface area contributed by atoms with E-state index in [1.807, 2.05) is 6.08 Å². The third kappa shape index (κ3) is 0.943. The van der Waals surface area contributed by atoms with Crippen LogP contribution in [0.25, 0.3) is 0 Å². The highest BCUT2D eigenvalue weighted by Crippen LogP contribution is 2.60. The molecule has 1 heterocycles. The predicted molar refractivity (Wildman–Crippen MR) is 66.4 cm³/mol. The minimum Gasteiger partial charge on any atom is -0.281 e. The molecule has 2 amide bonds. The van der Waals surface area contributed by atoms with Gasteiger partial charge in [-0.15, -0.1) is 0 Å². The summed E-state index contributed by atoms with van der Waals surface area (Å²) in [5, 5.41) is 0. The molecule has 0 radical (unpaired) electrons. The fourth-order valence-corrected chi connectivity index (χ4v) is 4.66. The number of hydrogen-bond acceptors (Lipinski definition) is 2. The van der Waals surface area contributed by atoms with Gasteiger partial charge in [0.1, 0.15) is 5.41 Å². The summed E-state index contributed by atoms with van der Waals surface area (Å²) in [6.07, 6.45) is 11.1. The average Bonchev–Trinajstić information content (AvgIpc) is 2.63. The van der Waals surface area contributed by atoms with Crippen LogP contribution in [0.15, 0.2) is 23.8 Å². The first-order valence-corrected chi connectivity index (χ1v) is 6.90. The van der Waals surface area contributed by atoms with Crippen LogP contribution in [0.1, 0.15) is 25.7 Å². The highest BCUT2D eigenvalue weighted by molar-refractivity contribution is 6.18. The fourth-order valence-electron chi connectivity index (χ4n) is 4.66. The van der Waals surface area contributed by atoms with Gasteiger partial charge in [0.15, 0.2) is 0 Å². The Morgan fingerprint density at radius 1 is 1.28 bits per heavy atom. The lowest BCUT2D eigenvalue weighted by molar-refractivity contribution is -0.141. The van der Waals surface area contributed by atoms with Crippen LogP contribution in [0.2, 0.25) is 0 Å². The van der Waals surface area contributed by atoms with Gasteiger partial charge in [-0.3, -0.25) is 14.5 Å². The minimum atomic E-state index is -0.592. The molecule has 3 nitrogen and oxygen atoms in total. The van der Waals surface area contributed by atoms with Gasteiger partial charge >= 0.3 is 0 Å². The van der Waals surface area contributed by atoms with E-state index < -0.39 is 5.41 Å². The third-order valence-electron chi connectivity index (χ3n) is 5.48. The summed E-state index contributed by atoms with van der Waals surface area (Å²) < 4.78 is 0. The van der Waals surface area contributed by atoms with Crippen molar-refractivity contribution in [2.45, 2.75) is 25.7 Å². The Hall–Kier alpha value is -1.38. The molecule has 5 rings (SSSR count). The van der Waals surface area contributed by atoms with Gasteiger partial charge in [0, 0.05) is 12.6 Å². The van der Waals surface area contributed by atoms with Gasteiger partial charge in [-0.05, 0) is 30.6 Å². The standard InChI is InChI=1S/C15H17NO2/c1-16-13(17)12-8-9-6-7-15(12,14(16)18)11-5-3-2-4-10(9)11/h6-11H,2-5H2,1H3. The van der Waals surface area contributed by atoms with E-state index in [9.17, 15) is 9.59 Å². The van der Waals surface area contributed by atoms with Crippen LogP contribution >= 0.6 is 0 Å². The van der Waals surface area contributed by atoms with E-state index in [0.29, 0.717) is 17.8 Å². The smallest absolute Gasteiger partial charge is 0.257 e. The number of allylic oxidation sites excluding steroid dienone is 2. The quantitative estimate of drug-likeness (QED) is 0.481. The van der Waals surface area contributed by atoms with Crippen LogP contribution in [-0.4, -0.2) is 23.8 Å². The summed E-state index contributed by atoms with van der Waals surface area (Å²) in [6.45, 7) is 0. The topological polar surface area (TPSA) is 37.4 Å². The second kappa shape index (κ2) is 3.14. The molecule has 1 saturated carbocycles. The molecule has 4 aliphatic carbocycles. The Kier molecular flexibility index (Phi) is 1.84. The molecule has 0 aromatic carbocycles. The van der Waals surface area contributed by atoms with E-state index in [2.05, 4.69) is 12.2 Å². The summed E-state index contributed by atoms with van der Waals surface area (Å²) in [4.78, 5) is 26.1. The summed E-state index contributed by atoms with van der Waals surface area (Å²) in [5.41, 5.74) is 0.178. The molecule has 1 saturated heterocycles. The first-order valence-electron chi connectivity index (χ1n) is 6.90. The Morgan fingerprint density at radius 2 is 2.06 bits per heavy atom. The van der Waals surface area contributed by atoms with Crippen LogP contribution in [0.4, 0.5) is 0 Å². The number of carbonyl (C=O) groups excluding carboxylic acids is 2. The maximum absolute atomic E-state index is 12.6. The zero-order valence-electron chi connectivity index (χ0n) is 10.6. The molecule has 1 spiro atoms. The largest absolute Gasteiger partial charge is 0.281 e. The summed E-state index contributed by atoms with van der Waals surface area (Å²) in [5.74, 6) is 1.26. The summed E-state index contributed by atoms with van der Waals surface area (Å²) in [7, 11) is 1.62. The van der Waals surface area contributed by atoms with Crippen molar-refractivity contribution in [3.05, 3.63) is 23.8 Å². The van der Waals surface area contributed by atoms with Crippen molar-refractivity contribution in [1.82, 2.24) is 4.90 Å². The molecule has 5 aliphatic rings. The van der Waals surface area contributed by atoms with Crippen molar-refractivity contribution in [3.63, 3.8) is 0 Å². The van der Waals surface area contributed by atoms with Crippen LogP contribution in [0.3, 0.4) is 0 Å². The van der Waals surface area contributed by atoms with Gasteiger partial charge in [-0.25, -0.2) is 0 Å². The van der Waals surface area contributed by atoms with Crippen LogP contribution in [0.5, 0.6) is 0 Å². The molecule has 2 fully saturated rings. The van der Waals surface area contributed by atoms with E-state index in [-0.39, 0.29) is 11.8 Å². The number of nitrogens with zero attached hydrogens (tertiary/aromatic N) is 1. The highest BCUT2D eigenvalue weighted by atomic mass is 16.2. The van der Waals surface area contributed by atoms with Crippen LogP contribution in [-0.2, 0) is 9.59 Å². The molecule has 0 aromatic heterocycles. The number of imide groups is 1. The number of rotatable bonds is 0. The molecule has 2 bridgehead atoms. The van der Waals surface area contributed by atoms with Crippen molar-refractivity contribution in [3.8, 4) is 0 Å². The van der Waals surface area contributed by atoms with Crippen molar-refractivity contribution in [2.75, 3.05) is 7.05 Å². The molecule has 94 valence electrons. The second-order valence-corrected chi connectivity index (χ2v) is 6.11. The summed E-state index contributed by atoms with van der Waals surface area (Å²) in [6, 6.07) is 0. The number of carbonyl (C=O) groups is 2. The van der Waals surface area contributed by atoms with Crippen molar-refractivity contribution in [2.24, 2.45) is 23.2 Å². The highest BCUT2D eigenvalue weighted by Gasteiger charge is 2.63. The van der Waals surface area contributed by atoms with Gasteiger partial charge in [0.2, 0.25) is 5.91 Å². The first-order chi connectivity index (χ1) is 8.66. The Bertz CT molecular complexity index is 519. The molecular formula is C15H17NO2. The summed E-state index contributed by atoms with van der Waals surface area (Å²) >= 11 is 0. The molecule has 4 unspecified atom stereocenters. The Labute approximate surface area is 107 Å². The molecule has 0 aromatic rings. The predicted octanol–water partition coefficient (Wildman–Crippen LogP) is 1.90. The lowest BCUT2D eigenvalue weighted by Crippen LogP contribution is -2.49. The minimum absolute atomic E-state index is 0.00468. The zero-order valence-corrected chi connectivity index (χ0v) is 10.6. The van der Waals surface area contributed by atoms with Crippen molar-refractivity contribution < 1.29 is 9.59 Å². The van der Waals surface area contributed by atoms with E-state index in [1.165, 1.54) is 24.2 Å². The maximum Gasteiger partial charge on any atom is 0.257 e. The van der Waals surface area contributed by atoms with Gasteiger partial charge in [-0.2, -0.15) is 0 Å². The van der Waals surface area contributed by atoms with Gasteiger partial charge in [-0.1, -0.05) is 31.1 Å². The number of amides is 2. The molecule has 18 heavy (non-hydrogen) atoms. The Balaban J connectivity index is 1.94. The van der Waals surface area contributed by atoms with E-state index >= 15 is 0 Å². The normalized spacial score (nSPS) is 45.1. The molecule has 4 atom stereocenters. The third-order valence-corrected chi connectivity index (χ3v) is 5.48. The monoisotopic (exact) mass is 243 g/mol. The van der Waals surface area contributed by atoms with Crippen LogP contribution in [0, 0.1) is 23.2 Å². The molecular weight excluding hydrogens is 226 g/mol. The van der Waals surface area contributed by atoms with Crippen molar-refractivity contribution >= 4 is 11.8 Å². The van der Waals surface area contributed by atoms with E-state index in [1.54, 1.807) is 7.05 Å². The van der Waals surface area contributed by atoms with Gasteiger partial charge in [0.05, 0.1) is 0 Å². The Morgan fingerprint density at radius 3 is 2.89 bits per heavy atom. The van der Waals surface area contributed by atoms with Gasteiger partial charge in [0.25, 0.3) is 5.91 Å². The lowest BCUT2D eigenvalue weighted by Gasteiger charge is -2.50. The SMILES string of the molecule is CN1C(=O)C2=CC3C=CC2(C1=O)C1CCCCC31. The average molecular weight is 243 g/mol. The van der Waals surface area contributed by atoms with E-state index in [0.717, 1.165) is 12.0 Å². The molecule has 3 heteroatoms. The number of likely N-dealkylation sites (N-methyl/N-ethyl adjacent to an activating group) is 1. The first kappa shape index (κ1) is 10.5. The zero-order chi connectivity index (χ0) is 12.5. The van der Waals surface area contributed by atoms with E-state index in [4.69, 9.17) is 0 Å². The van der Waals surface area contributed by atoms with Crippen molar-refractivity contribution in [1.29, 1.82) is 0 Å².